The maximum Gasteiger partial charge on any atom is 0.356 e. The largest absolute Gasteiger partial charge is 0.476 e. The molecule has 0 fully saturated rings. The molecule has 2 N–H and O–H groups in total. The fourth-order valence-electron chi connectivity index (χ4n) is 3.58. The fourth-order valence-corrected chi connectivity index (χ4v) is 3.73. The Morgan fingerprint density at radius 2 is 1.79 bits per heavy atom. The summed E-state index contributed by atoms with van der Waals surface area (Å²) >= 11 is 5.81. The summed E-state index contributed by atoms with van der Waals surface area (Å²) in [6.07, 6.45) is 0. The Bertz CT molecular complexity index is 1460. The standard InChI is InChI=1S/C23H17ClF2N4O3/c1-11(27-17-7-8-18(24)28-20(17)23(32)33)15-9-14(26)10-16-19(15)29-21(30(2)22(16)31)12-3-5-13(25)6-4-12/h3-11,27H,1-2H3,(H,32,33)/t11-/m1/s1. The van der Waals surface area contributed by atoms with E-state index < -0.39 is 29.2 Å². The summed E-state index contributed by atoms with van der Waals surface area (Å²) in [5.41, 5.74) is 0.454. The molecule has 1 atom stereocenters. The second-order valence-electron chi connectivity index (χ2n) is 7.40. The van der Waals surface area contributed by atoms with Gasteiger partial charge >= 0.3 is 5.97 Å². The summed E-state index contributed by atoms with van der Waals surface area (Å²) in [5.74, 6) is -2.10. The van der Waals surface area contributed by atoms with Gasteiger partial charge in [0, 0.05) is 18.2 Å². The lowest BCUT2D eigenvalue weighted by Crippen LogP contribution is -2.22. The number of aromatic nitrogens is 3. The van der Waals surface area contributed by atoms with Gasteiger partial charge in [-0.2, -0.15) is 0 Å². The van der Waals surface area contributed by atoms with Gasteiger partial charge in [0.25, 0.3) is 5.56 Å². The first-order valence-corrected chi connectivity index (χ1v) is 10.2. The third kappa shape index (κ3) is 4.27. The van der Waals surface area contributed by atoms with Crippen LogP contribution in [-0.4, -0.2) is 25.6 Å². The van der Waals surface area contributed by atoms with E-state index in [0.29, 0.717) is 11.1 Å². The van der Waals surface area contributed by atoms with Crippen LogP contribution in [0.25, 0.3) is 22.3 Å². The van der Waals surface area contributed by atoms with Crippen molar-refractivity contribution in [2.24, 2.45) is 7.05 Å². The van der Waals surface area contributed by atoms with Gasteiger partial charge in [0.1, 0.15) is 22.6 Å². The fraction of sp³-hybridized carbons (Fsp3) is 0.130. The molecule has 0 aliphatic heterocycles. The van der Waals surface area contributed by atoms with Crippen LogP contribution >= 0.6 is 11.6 Å². The predicted molar refractivity (Wildman–Crippen MR) is 121 cm³/mol. The van der Waals surface area contributed by atoms with E-state index in [1.807, 2.05) is 0 Å². The first-order valence-electron chi connectivity index (χ1n) is 9.78. The zero-order chi connectivity index (χ0) is 23.9. The maximum atomic E-state index is 14.5. The minimum atomic E-state index is -1.29. The lowest BCUT2D eigenvalue weighted by Gasteiger charge is -2.19. The van der Waals surface area contributed by atoms with Crippen molar-refractivity contribution in [1.82, 2.24) is 14.5 Å². The molecule has 4 rings (SSSR count). The van der Waals surface area contributed by atoms with E-state index in [1.165, 1.54) is 54.1 Å². The smallest absolute Gasteiger partial charge is 0.356 e. The number of carbonyl (C=O) groups is 1. The number of halogens is 3. The van der Waals surface area contributed by atoms with Gasteiger partial charge in [-0.25, -0.2) is 23.5 Å². The second-order valence-corrected chi connectivity index (χ2v) is 7.79. The van der Waals surface area contributed by atoms with Crippen molar-refractivity contribution in [2.75, 3.05) is 5.32 Å². The molecule has 0 saturated heterocycles. The Labute approximate surface area is 191 Å². The highest BCUT2D eigenvalue weighted by Gasteiger charge is 2.20. The molecule has 10 heteroatoms. The number of aromatic carboxylic acids is 1. The van der Waals surface area contributed by atoms with Gasteiger partial charge in [0.05, 0.1) is 22.6 Å². The van der Waals surface area contributed by atoms with Crippen LogP contribution in [-0.2, 0) is 7.05 Å². The number of anilines is 1. The van der Waals surface area contributed by atoms with Crippen molar-refractivity contribution < 1.29 is 18.7 Å². The van der Waals surface area contributed by atoms with E-state index in [-0.39, 0.29) is 33.3 Å². The highest BCUT2D eigenvalue weighted by molar-refractivity contribution is 6.29. The molecule has 0 aliphatic rings. The van der Waals surface area contributed by atoms with E-state index in [2.05, 4.69) is 15.3 Å². The minimum absolute atomic E-state index is 0.0101. The average molecular weight is 471 g/mol. The Morgan fingerprint density at radius 1 is 1.09 bits per heavy atom. The molecule has 0 aliphatic carbocycles. The van der Waals surface area contributed by atoms with Gasteiger partial charge in [-0.1, -0.05) is 11.6 Å². The van der Waals surface area contributed by atoms with Crippen LogP contribution in [0.2, 0.25) is 5.15 Å². The molecule has 2 heterocycles. The van der Waals surface area contributed by atoms with Crippen molar-refractivity contribution >= 4 is 34.2 Å². The Kier molecular flexibility index (Phi) is 5.82. The van der Waals surface area contributed by atoms with Crippen LogP contribution in [0.15, 0.2) is 53.3 Å². The zero-order valence-electron chi connectivity index (χ0n) is 17.4. The Hall–Kier alpha value is -3.85. The molecule has 7 nitrogen and oxygen atoms in total. The number of nitrogens with one attached hydrogen (secondary N) is 1. The van der Waals surface area contributed by atoms with Gasteiger partial charge in [-0.3, -0.25) is 9.36 Å². The maximum absolute atomic E-state index is 14.5. The number of hydrogen-bond acceptors (Lipinski definition) is 5. The topological polar surface area (TPSA) is 97.1 Å². The molecule has 0 saturated carbocycles. The molecular formula is C23H17ClF2N4O3. The van der Waals surface area contributed by atoms with Crippen LogP contribution in [0.3, 0.4) is 0 Å². The first-order chi connectivity index (χ1) is 15.7. The highest BCUT2D eigenvalue weighted by atomic mass is 35.5. The number of fused-ring (bicyclic) bond motifs is 1. The Balaban J connectivity index is 1.88. The lowest BCUT2D eigenvalue weighted by molar-refractivity contribution is 0.0691. The molecule has 0 radical (unpaired) electrons. The molecule has 2 aromatic carbocycles. The van der Waals surface area contributed by atoms with E-state index in [1.54, 1.807) is 6.92 Å². The third-order valence-corrected chi connectivity index (χ3v) is 5.39. The van der Waals surface area contributed by atoms with Crippen molar-refractivity contribution in [3.63, 3.8) is 0 Å². The average Bonchev–Trinajstić information content (AvgIpc) is 2.77. The molecule has 4 aromatic rings. The molecule has 168 valence electrons. The number of pyridine rings is 1. The number of carboxylic acid groups (broad SMARTS) is 1. The molecule has 2 aromatic heterocycles. The monoisotopic (exact) mass is 470 g/mol. The summed E-state index contributed by atoms with van der Waals surface area (Å²) < 4.78 is 29.1. The number of carboxylic acids is 1. The zero-order valence-corrected chi connectivity index (χ0v) is 18.2. The van der Waals surface area contributed by atoms with Gasteiger partial charge in [0.2, 0.25) is 0 Å². The summed E-state index contributed by atoms with van der Waals surface area (Å²) in [7, 11) is 1.50. The van der Waals surface area contributed by atoms with Crippen LogP contribution in [0.4, 0.5) is 14.5 Å². The summed E-state index contributed by atoms with van der Waals surface area (Å²) in [6, 6.07) is 10.0. The number of rotatable bonds is 5. The van der Waals surface area contributed by atoms with E-state index in [4.69, 9.17) is 11.6 Å². The third-order valence-electron chi connectivity index (χ3n) is 5.18. The molecular weight excluding hydrogens is 454 g/mol. The van der Waals surface area contributed by atoms with E-state index in [0.717, 1.165) is 6.07 Å². The van der Waals surface area contributed by atoms with Crippen molar-refractivity contribution in [3.05, 3.63) is 86.9 Å². The van der Waals surface area contributed by atoms with Crippen LogP contribution < -0.4 is 10.9 Å². The molecule has 0 bridgehead atoms. The molecule has 0 spiro atoms. The van der Waals surface area contributed by atoms with Crippen molar-refractivity contribution in [1.29, 1.82) is 0 Å². The van der Waals surface area contributed by atoms with E-state index in [9.17, 15) is 23.5 Å². The summed E-state index contributed by atoms with van der Waals surface area (Å²) in [5, 5.41) is 12.5. The molecule has 0 unspecified atom stereocenters. The van der Waals surface area contributed by atoms with Crippen LogP contribution in [0.1, 0.15) is 29.0 Å². The van der Waals surface area contributed by atoms with Crippen molar-refractivity contribution in [2.45, 2.75) is 13.0 Å². The van der Waals surface area contributed by atoms with E-state index >= 15 is 0 Å². The Morgan fingerprint density at radius 3 is 2.45 bits per heavy atom. The van der Waals surface area contributed by atoms with Gasteiger partial charge < -0.3 is 10.4 Å². The van der Waals surface area contributed by atoms with Crippen molar-refractivity contribution in [3.8, 4) is 11.4 Å². The van der Waals surface area contributed by atoms with Crippen LogP contribution in [0, 0.1) is 11.6 Å². The number of hydrogen-bond donors (Lipinski definition) is 2. The van der Waals surface area contributed by atoms with Gasteiger partial charge in [-0.05, 0) is 55.5 Å². The lowest BCUT2D eigenvalue weighted by atomic mass is 10.0. The second kappa shape index (κ2) is 8.59. The number of nitrogens with zero attached hydrogens (tertiary/aromatic N) is 3. The van der Waals surface area contributed by atoms with Crippen LogP contribution in [0.5, 0.6) is 0 Å². The molecule has 0 amide bonds. The summed E-state index contributed by atoms with van der Waals surface area (Å²) in [4.78, 5) is 33.0. The SMILES string of the molecule is C[C@@H](Nc1ccc(Cl)nc1C(=O)O)c1cc(F)cc2c(=O)n(C)c(-c3ccc(F)cc3)nc12. The molecule has 33 heavy (non-hydrogen) atoms. The quantitative estimate of drug-likeness (QED) is 0.407. The van der Waals surface area contributed by atoms with Gasteiger partial charge in [0.15, 0.2) is 5.69 Å². The highest BCUT2D eigenvalue weighted by Crippen LogP contribution is 2.29. The van der Waals surface area contributed by atoms with Gasteiger partial charge in [-0.15, -0.1) is 0 Å². The summed E-state index contributed by atoms with van der Waals surface area (Å²) in [6.45, 7) is 1.67. The first kappa shape index (κ1) is 22.3. The number of benzene rings is 2. The predicted octanol–water partition coefficient (Wildman–Crippen LogP) is 4.80. The minimum Gasteiger partial charge on any atom is -0.476 e. The normalized spacial score (nSPS) is 12.0.